The van der Waals surface area contributed by atoms with Crippen molar-refractivity contribution in [2.24, 2.45) is 10.1 Å². The lowest BCUT2D eigenvalue weighted by Crippen LogP contribution is -2.27. The molecule has 0 saturated carbocycles. The zero-order chi connectivity index (χ0) is 24.1. The maximum atomic E-state index is 14.6. The van der Waals surface area contributed by atoms with Gasteiger partial charge in [0.15, 0.2) is 0 Å². The summed E-state index contributed by atoms with van der Waals surface area (Å²) in [4.78, 5) is 24.6. The molecule has 0 aliphatic rings. The summed E-state index contributed by atoms with van der Waals surface area (Å²) in [6.45, 7) is 5.13. The second-order valence-corrected chi connectivity index (χ2v) is 7.59. The fourth-order valence-electron chi connectivity index (χ4n) is 3.55. The molecule has 2 aromatic carbocycles. The highest BCUT2D eigenvalue weighted by atomic mass is 19.1. The largest absolute Gasteiger partial charge is 0.395 e. The number of imidazole rings is 1. The van der Waals surface area contributed by atoms with Gasteiger partial charge in [0.25, 0.3) is 5.91 Å². The van der Waals surface area contributed by atoms with Crippen LogP contribution in [0.4, 0.5) is 10.3 Å². The summed E-state index contributed by atoms with van der Waals surface area (Å²) in [7, 11) is 0. The Morgan fingerprint density at radius 1 is 1.21 bits per heavy atom. The second-order valence-electron chi connectivity index (χ2n) is 7.59. The molecule has 0 radical (unpaired) electrons. The van der Waals surface area contributed by atoms with Crippen LogP contribution in [0, 0.1) is 5.82 Å². The van der Waals surface area contributed by atoms with Gasteiger partial charge in [-0.05, 0) is 49.5 Å². The maximum absolute atomic E-state index is 14.6. The number of aliphatic imine (C=N–C) groups is 1. The van der Waals surface area contributed by atoms with Crippen LogP contribution in [0.5, 0.6) is 0 Å². The van der Waals surface area contributed by atoms with Crippen molar-refractivity contribution in [3.8, 4) is 0 Å². The second kappa shape index (κ2) is 10.1. The van der Waals surface area contributed by atoms with E-state index < -0.39 is 11.7 Å². The number of hydrogen-bond acceptors (Lipinski definition) is 6. The molecule has 0 aliphatic carbocycles. The van der Waals surface area contributed by atoms with Crippen molar-refractivity contribution < 1.29 is 14.3 Å². The molecular weight excluding hydrogens is 435 g/mol. The maximum Gasteiger partial charge on any atom is 0.254 e. The van der Waals surface area contributed by atoms with Crippen molar-refractivity contribution in [3.63, 3.8) is 0 Å². The van der Waals surface area contributed by atoms with E-state index in [1.807, 2.05) is 24.3 Å². The van der Waals surface area contributed by atoms with Gasteiger partial charge in [-0.15, -0.1) is 0 Å². The van der Waals surface area contributed by atoms with Crippen LogP contribution in [0.2, 0.25) is 0 Å². The van der Waals surface area contributed by atoms with Gasteiger partial charge >= 0.3 is 0 Å². The van der Waals surface area contributed by atoms with E-state index in [1.54, 1.807) is 30.1 Å². The van der Waals surface area contributed by atoms with Crippen LogP contribution in [0.3, 0.4) is 0 Å². The Hall–Kier alpha value is -4.24. The topological polar surface area (TPSA) is 105 Å². The number of aromatic nitrogens is 3. The van der Waals surface area contributed by atoms with Crippen molar-refractivity contribution >= 4 is 35.2 Å². The third kappa shape index (κ3) is 4.89. The molecule has 0 bridgehead atoms. The number of aliphatic hydroxyl groups is 1. The number of fused-ring (bicyclic) bond motifs is 1. The van der Waals surface area contributed by atoms with E-state index in [2.05, 4.69) is 38.2 Å². The van der Waals surface area contributed by atoms with Gasteiger partial charge in [-0.2, -0.15) is 5.10 Å². The average Bonchev–Trinajstić information content (AvgIpc) is 3.23. The average molecular weight is 458 g/mol. The van der Waals surface area contributed by atoms with E-state index in [4.69, 9.17) is 5.11 Å². The van der Waals surface area contributed by atoms with Gasteiger partial charge in [0, 0.05) is 30.1 Å². The van der Waals surface area contributed by atoms with E-state index in [1.165, 1.54) is 12.1 Å². The summed E-state index contributed by atoms with van der Waals surface area (Å²) < 4.78 is 16.2. The third-order valence-corrected chi connectivity index (χ3v) is 5.26. The van der Waals surface area contributed by atoms with Crippen LogP contribution >= 0.6 is 0 Å². The lowest BCUT2D eigenvalue weighted by atomic mass is 10.1. The molecule has 0 atom stereocenters. The van der Waals surface area contributed by atoms with E-state index >= 15 is 0 Å². The number of benzene rings is 2. The molecule has 0 aliphatic heterocycles. The highest BCUT2D eigenvalue weighted by Gasteiger charge is 2.14. The van der Waals surface area contributed by atoms with Crippen LogP contribution < -0.4 is 5.32 Å². The van der Waals surface area contributed by atoms with Crippen molar-refractivity contribution in [1.29, 1.82) is 0 Å². The zero-order valence-corrected chi connectivity index (χ0v) is 18.6. The first kappa shape index (κ1) is 22.9. The summed E-state index contributed by atoms with van der Waals surface area (Å²) >= 11 is 0. The van der Waals surface area contributed by atoms with Crippen LogP contribution in [0.25, 0.3) is 10.9 Å². The minimum absolute atomic E-state index is 0.0506. The van der Waals surface area contributed by atoms with Crippen molar-refractivity contribution in [2.45, 2.75) is 13.3 Å². The summed E-state index contributed by atoms with van der Waals surface area (Å²) in [5.41, 5.74) is 3.65. The minimum Gasteiger partial charge on any atom is -0.395 e. The summed E-state index contributed by atoms with van der Waals surface area (Å²) in [6.07, 6.45) is 3.99. The number of rotatable bonds is 8. The molecular formula is C25H23FN6O2. The summed E-state index contributed by atoms with van der Waals surface area (Å²) in [5.74, 6) is -0.953. The highest BCUT2D eigenvalue weighted by Crippen LogP contribution is 2.21. The number of halogens is 1. The van der Waals surface area contributed by atoms with Gasteiger partial charge in [-0.3, -0.25) is 9.78 Å². The quantitative estimate of drug-likeness (QED) is 0.394. The van der Waals surface area contributed by atoms with Crippen molar-refractivity contribution in [1.82, 2.24) is 20.0 Å². The smallest absolute Gasteiger partial charge is 0.254 e. The molecule has 4 rings (SSSR count). The minimum atomic E-state index is -0.680. The Bertz CT molecular complexity index is 1400. The molecule has 34 heavy (non-hydrogen) atoms. The SMILES string of the molecule is C=Nc1ncc(Cc2ccc3ncccc3c2)n1/N=C(\C)c1ccc(C(=O)NCCO)c(F)c1. The first-order chi connectivity index (χ1) is 16.5. The predicted octanol–water partition coefficient (Wildman–Crippen LogP) is 3.49. The molecule has 0 saturated heterocycles. The van der Waals surface area contributed by atoms with Crippen molar-refractivity contribution in [3.05, 3.63) is 89.1 Å². The molecule has 0 spiro atoms. The molecule has 2 aromatic heterocycles. The van der Waals surface area contributed by atoms with Crippen molar-refractivity contribution in [2.75, 3.05) is 13.2 Å². The van der Waals surface area contributed by atoms with Crippen LogP contribution in [0.1, 0.15) is 34.1 Å². The van der Waals surface area contributed by atoms with Gasteiger partial charge in [0.2, 0.25) is 5.95 Å². The molecule has 0 unspecified atom stereocenters. The number of carbonyl (C=O) groups is 1. The summed E-state index contributed by atoms with van der Waals surface area (Å²) in [5, 5.41) is 16.9. The lowest BCUT2D eigenvalue weighted by Gasteiger charge is -2.09. The Labute approximate surface area is 195 Å². The fourth-order valence-corrected chi connectivity index (χ4v) is 3.55. The van der Waals surface area contributed by atoms with Gasteiger partial charge in [0.05, 0.1) is 35.3 Å². The van der Waals surface area contributed by atoms with Gasteiger partial charge in [-0.25, -0.2) is 19.0 Å². The molecule has 2 heterocycles. The van der Waals surface area contributed by atoms with Gasteiger partial charge in [-0.1, -0.05) is 18.2 Å². The number of hydrogen-bond donors (Lipinski definition) is 2. The summed E-state index contributed by atoms with van der Waals surface area (Å²) in [6, 6.07) is 14.2. The number of nitrogens with zero attached hydrogens (tertiary/aromatic N) is 5. The number of pyridine rings is 1. The van der Waals surface area contributed by atoms with E-state index in [-0.39, 0.29) is 18.7 Å². The van der Waals surface area contributed by atoms with Gasteiger partial charge < -0.3 is 10.4 Å². The van der Waals surface area contributed by atoms with Crippen LogP contribution in [0.15, 0.2) is 71.0 Å². The molecule has 9 heteroatoms. The van der Waals surface area contributed by atoms with Crippen LogP contribution in [-0.4, -0.2) is 51.2 Å². The molecule has 2 N–H and O–H groups in total. The Kier molecular flexibility index (Phi) is 6.84. The fraction of sp³-hybridized carbons (Fsp3) is 0.160. The van der Waals surface area contributed by atoms with E-state index in [0.29, 0.717) is 23.6 Å². The normalized spacial score (nSPS) is 11.6. The van der Waals surface area contributed by atoms with E-state index in [0.717, 1.165) is 22.2 Å². The highest BCUT2D eigenvalue weighted by molar-refractivity contribution is 6.00. The number of nitrogens with one attached hydrogen (secondary N) is 1. The molecule has 0 fully saturated rings. The molecule has 8 nitrogen and oxygen atoms in total. The third-order valence-electron chi connectivity index (χ3n) is 5.26. The Morgan fingerprint density at radius 2 is 2.06 bits per heavy atom. The molecule has 172 valence electrons. The standard InChI is InChI=1S/C25H23FN6O2/c1-16(18-6-7-21(22(26)14-18)24(34)29-10-11-33)31-32-20(15-30-25(32)27-2)13-17-5-8-23-19(12-17)4-3-9-28-23/h3-9,12,14-15,33H,2,10-11,13H2,1H3,(H,29,34)/b31-16+. The van der Waals surface area contributed by atoms with E-state index in [9.17, 15) is 9.18 Å². The van der Waals surface area contributed by atoms with Crippen LogP contribution in [-0.2, 0) is 6.42 Å². The zero-order valence-electron chi connectivity index (χ0n) is 18.6. The molecule has 1 amide bonds. The lowest BCUT2D eigenvalue weighted by molar-refractivity contribution is 0.0940. The number of amides is 1. The predicted molar refractivity (Wildman–Crippen MR) is 129 cm³/mol. The number of carbonyl (C=O) groups excluding carboxylic acids is 1. The molecule has 4 aromatic rings. The first-order valence-electron chi connectivity index (χ1n) is 10.6. The Balaban J connectivity index is 1.63. The van der Waals surface area contributed by atoms with Gasteiger partial charge in [0.1, 0.15) is 5.82 Å². The Morgan fingerprint density at radius 3 is 2.82 bits per heavy atom. The first-order valence-corrected chi connectivity index (χ1v) is 10.6. The number of aliphatic hydroxyl groups excluding tert-OH is 1. The monoisotopic (exact) mass is 458 g/mol.